The Labute approximate surface area is 128 Å². The van der Waals surface area contributed by atoms with Crippen molar-refractivity contribution in [2.24, 2.45) is 5.92 Å². The van der Waals surface area contributed by atoms with Crippen molar-refractivity contribution in [1.82, 2.24) is 5.16 Å². The molecule has 22 heavy (non-hydrogen) atoms. The molecule has 116 valence electrons. The molecular formula is C16H19N3O3. The standard InChI is InChI=1S/C16H19N3O3/c1-10(2)8-15(20)17-12-4-6-13(7-5-12)18-16(21)14-9-11(3)22-19-14/h4-7,9-10H,8H2,1-3H3,(H,17,20)(H,18,21). The van der Waals surface area contributed by atoms with Gasteiger partial charge in [-0.25, -0.2) is 0 Å². The van der Waals surface area contributed by atoms with Crippen molar-refractivity contribution in [3.63, 3.8) is 0 Å². The highest BCUT2D eigenvalue weighted by molar-refractivity contribution is 6.03. The molecule has 0 aliphatic rings. The van der Waals surface area contributed by atoms with Crippen LogP contribution in [0.5, 0.6) is 0 Å². The summed E-state index contributed by atoms with van der Waals surface area (Å²) in [5.41, 5.74) is 1.54. The Kier molecular flexibility index (Phi) is 4.93. The fourth-order valence-electron chi connectivity index (χ4n) is 1.89. The van der Waals surface area contributed by atoms with Gasteiger partial charge in [-0.3, -0.25) is 9.59 Å². The van der Waals surface area contributed by atoms with Crippen LogP contribution in [0, 0.1) is 12.8 Å². The van der Waals surface area contributed by atoms with Crippen molar-refractivity contribution in [2.75, 3.05) is 10.6 Å². The minimum Gasteiger partial charge on any atom is -0.361 e. The first kappa shape index (κ1) is 15.8. The second-order valence-electron chi connectivity index (χ2n) is 5.50. The molecule has 2 aromatic rings. The number of carbonyl (C=O) groups excluding carboxylic acids is 2. The highest BCUT2D eigenvalue weighted by Gasteiger charge is 2.11. The SMILES string of the molecule is Cc1cc(C(=O)Nc2ccc(NC(=O)CC(C)C)cc2)no1. The molecule has 6 nitrogen and oxygen atoms in total. The third-order valence-electron chi connectivity index (χ3n) is 2.88. The highest BCUT2D eigenvalue weighted by atomic mass is 16.5. The van der Waals surface area contributed by atoms with E-state index in [1.54, 1.807) is 37.3 Å². The van der Waals surface area contributed by atoms with Gasteiger partial charge in [0.25, 0.3) is 5.91 Å². The zero-order valence-electron chi connectivity index (χ0n) is 12.8. The molecule has 0 radical (unpaired) electrons. The Hall–Kier alpha value is -2.63. The molecule has 2 N–H and O–H groups in total. The number of nitrogens with zero attached hydrogens (tertiary/aromatic N) is 1. The predicted molar refractivity (Wildman–Crippen MR) is 83.7 cm³/mol. The summed E-state index contributed by atoms with van der Waals surface area (Å²) < 4.78 is 4.86. The number of hydrogen-bond acceptors (Lipinski definition) is 4. The van der Waals surface area contributed by atoms with Gasteiger partial charge in [0.1, 0.15) is 5.76 Å². The lowest BCUT2D eigenvalue weighted by Gasteiger charge is -2.08. The number of amides is 2. The zero-order valence-corrected chi connectivity index (χ0v) is 12.8. The van der Waals surface area contributed by atoms with Crippen LogP contribution in [0.1, 0.15) is 36.5 Å². The maximum atomic E-state index is 11.9. The van der Waals surface area contributed by atoms with Crippen LogP contribution in [0.2, 0.25) is 0 Å². The highest BCUT2D eigenvalue weighted by Crippen LogP contribution is 2.15. The number of benzene rings is 1. The molecule has 2 rings (SSSR count). The number of nitrogens with one attached hydrogen (secondary N) is 2. The van der Waals surface area contributed by atoms with E-state index < -0.39 is 0 Å². The van der Waals surface area contributed by atoms with E-state index in [2.05, 4.69) is 15.8 Å². The third-order valence-corrected chi connectivity index (χ3v) is 2.88. The number of carbonyl (C=O) groups is 2. The number of aryl methyl sites for hydroxylation is 1. The average molecular weight is 301 g/mol. The van der Waals surface area contributed by atoms with Gasteiger partial charge in [-0.2, -0.15) is 0 Å². The molecule has 2 amide bonds. The maximum absolute atomic E-state index is 11.9. The van der Waals surface area contributed by atoms with E-state index in [-0.39, 0.29) is 17.5 Å². The van der Waals surface area contributed by atoms with Crippen LogP contribution < -0.4 is 10.6 Å². The lowest BCUT2D eigenvalue weighted by Crippen LogP contribution is -2.14. The predicted octanol–water partition coefficient (Wildman–Crippen LogP) is 3.22. The van der Waals surface area contributed by atoms with Crippen LogP contribution in [-0.2, 0) is 4.79 Å². The second-order valence-corrected chi connectivity index (χ2v) is 5.50. The van der Waals surface area contributed by atoms with Crippen LogP contribution >= 0.6 is 0 Å². The van der Waals surface area contributed by atoms with Gasteiger partial charge >= 0.3 is 0 Å². The van der Waals surface area contributed by atoms with Crippen LogP contribution in [0.25, 0.3) is 0 Å². The third kappa shape index (κ3) is 4.44. The first-order chi connectivity index (χ1) is 10.4. The van der Waals surface area contributed by atoms with E-state index >= 15 is 0 Å². The topological polar surface area (TPSA) is 84.2 Å². The first-order valence-corrected chi connectivity index (χ1v) is 7.08. The Morgan fingerprint density at radius 2 is 1.73 bits per heavy atom. The van der Waals surface area contributed by atoms with Crippen LogP contribution in [0.3, 0.4) is 0 Å². The van der Waals surface area contributed by atoms with Gasteiger partial charge in [-0.15, -0.1) is 0 Å². The molecule has 0 fully saturated rings. The van der Waals surface area contributed by atoms with Crippen molar-refractivity contribution in [3.8, 4) is 0 Å². The normalized spacial score (nSPS) is 10.5. The van der Waals surface area contributed by atoms with E-state index in [1.807, 2.05) is 13.8 Å². The summed E-state index contributed by atoms with van der Waals surface area (Å²) in [6, 6.07) is 8.48. The fraction of sp³-hybridized carbons (Fsp3) is 0.312. The van der Waals surface area contributed by atoms with Gasteiger partial charge in [0.05, 0.1) is 0 Å². The monoisotopic (exact) mass is 301 g/mol. The van der Waals surface area contributed by atoms with E-state index in [9.17, 15) is 9.59 Å². The summed E-state index contributed by atoms with van der Waals surface area (Å²) in [5.74, 6) is 0.524. The average Bonchev–Trinajstić information content (AvgIpc) is 2.87. The molecule has 1 aromatic heterocycles. The van der Waals surface area contributed by atoms with E-state index in [0.29, 0.717) is 29.5 Å². The lowest BCUT2D eigenvalue weighted by molar-refractivity contribution is -0.116. The minimum absolute atomic E-state index is 0.0233. The van der Waals surface area contributed by atoms with Crippen LogP contribution in [0.4, 0.5) is 11.4 Å². The Balaban J connectivity index is 1.94. The Morgan fingerprint density at radius 1 is 1.14 bits per heavy atom. The van der Waals surface area contributed by atoms with Gasteiger partial charge in [0.15, 0.2) is 5.69 Å². The molecule has 0 saturated heterocycles. The van der Waals surface area contributed by atoms with Crippen molar-refractivity contribution in [1.29, 1.82) is 0 Å². The van der Waals surface area contributed by atoms with Crippen LogP contribution in [0.15, 0.2) is 34.9 Å². The number of anilines is 2. The summed E-state index contributed by atoms with van der Waals surface area (Å²) in [4.78, 5) is 23.6. The van der Waals surface area contributed by atoms with Crippen molar-refractivity contribution in [2.45, 2.75) is 27.2 Å². The molecule has 0 saturated carbocycles. The maximum Gasteiger partial charge on any atom is 0.277 e. The van der Waals surface area contributed by atoms with Gasteiger partial charge < -0.3 is 15.2 Å². The Bertz CT molecular complexity index is 660. The largest absolute Gasteiger partial charge is 0.361 e. The van der Waals surface area contributed by atoms with Gasteiger partial charge in [0.2, 0.25) is 5.91 Å². The molecule has 6 heteroatoms. The summed E-state index contributed by atoms with van der Waals surface area (Å²) >= 11 is 0. The van der Waals surface area contributed by atoms with E-state index in [1.165, 1.54) is 0 Å². The second kappa shape index (κ2) is 6.89. The van der Waals surface area contributed by atoms with Crippen molar-refractivity contribution in [3.05, 3.63) is 41.8 Å². The molecule has 0 atom stereocenters. The van der Waals surface area contributed by atoms with E-state index in [4.69, 9.17) is 4.52 Å². The molecular weight excluding hydrogens is 282 g/mol. The van der Waals surface area contributed by atoms with Crippen molar-refractivity contribution < 1.29 is 14.1 Å². The van der Waals surface area contributed by atoms with Gasteiger partial charge in [-0.05, 0) is 37.1 Å². The fourth-order valence-corrected chi connectivity index (χ4v) is 1.89. The zero-order chi connectivity index (χ0) is 16.1. The van der Waals surface area contributed by atoms with Crippen molar-refractivity contribution >= 4 is 23.2 Å². The minimum atomic E-state index is -0.339. The Morgan fingerprint density at radius 3 is 2.23 bits per heavy atom. The number of aromatic nitrogens is 1. The van der Waals surface area contributed by atoms with Gasteiger partial charge in [-0.1, -0.05) is 19.0 Å². The molecule has 0 bridgehead atoms. The van der Waals surface area contributed by atoms with E-state index in [0.717, 1.165) is 0 Å². The molecule has 0 aliphatic heterocycles. The number of rotatable bonds is 5. The first-order valence-electron chi connectivity index (χ1n) is 7.08. The summed E-state index contributed by atoms with van der Waals surface area (Å²) in [5, 5.41) is 9.17. The molecule has 1 aromatic carbocycles. The summed E-state index contributed by atoms with van der Waals surface area (Å²) in [6.45, 7) is 5.70. The molecule has 0 spiro atoms. The lowest BCUT2D eigenvalue weighted by atomic mass is 10.1. The molecule has 1 heterocycles. The molecule has 0 unspecified atom stereocenters. The smallest absolute Gasteiger partial charge is 0.277 e. The summed E-state index contributed by atoms with van der Waals surface area (Å²) in [6.07, 6.45) is 0.476. The van der Waals surface area contributed by atoms with Crippen LogP contribution in [-0.4, -0.2) is 17.0 Å². The quantitative estimate of drug-likeness (QED) is 0.888. The number of hydrogen-bond donors (Lipinski definition) is 2. The molecule has 0 aliphatic carbocycles. The summed E-state index contributed by atoms with van der Waals surface area (Å²) in [7, 11) is 0. The van der Waals surface area contributed by atoms with Gasteiger partial charge in [0, 0.05) is 23.9 Å².